The maximum Gasteiger partial charge on any atom is 0.338 e. The Bertz CT molecular complexity index is 1840. The highest BCUT2D eigenvalue weighted by atomic mass is 16.4. The molecule has 5 heterocycles. The summed E-state index contributed by atoms with van der Waals surface area (Å²) in [5.74, 6) is -2.13. The number of hydrogen-bond donors (Lipinski definition) is 4. The molecule has 2 atom stereocenters. The van der Waals surface area contributed by atoms with Crippen LogP contribution in [0.1, 0.15) is 114 Å². The molecule has 0 aromatic carbocycles. The molecule has 5 rings (SSSR count). The molecule has 218 valence electrons. The fourth-order valence-electron chi connectivity index (χ4n) is 6.55. The van der Waals surface area contributed by atoms with Crippen molar-refractivity contribution >= 4 is 51.2 Å². The van der Waals surface area contributed by atoms with Gasteiger partial charge in [0.15, 0.2) is 0 Å². The summed E-state index contributed by atoms with van der Waals surface area (Å²) in [6, 6.07) is 6.03. The van der Waals surface area contributed by atoms with Crippen molar-refractivity contribution in [2.24, 2.45) is 0 Å². The van der Waals surface area contributed by atoms with Gasteiger partial charge in [-0.2, -0.15) is 0 Å². The van der Waals surface area contributed by atoms with E-state index in [0.717, 1.165) is 68.1 Å². The van der Waals surface area contributed by atoms with E-state index < -0.39 is 11.9 Å². The van der Waals surface area contributed by atoms with Crippen LogP contribution in [0.2, 0.25) is 0 Å². The van der Waals surface area contributed by atoms with Gasteiger partial charge in [0, 0.05) is 51.8 Å². The highest BCUT2D eigenvalue weighted by Crippen LogP contribution is 2.43. The summed E-state index contributed by atoms with van der Waals surface area (Å²) in [6.07, 6.45) is 3.55. The molecule has 0 unspecified atom stereocenters. The average molecular weight is 567 g/mol. The number of carboxylic acids is 2. The Kier molecular flexibility index (Phi) is 7.66. The molecule has 0 spiro atoms. The SMILES string of the molecule is C=Cc1c(C)c2cc3nc(c(CC)c4[nH]c(cc5nc(cc1[nH]2)C(C)=C5CC)c(C)c4C(=O)O)[C@@H](CCC(=O)O)[C@@H]3C. The van der Waals surface area contributed by atoms with Gasteiger partial charge in [-0.1, -0.05) is 33.4 Å². The highest BCUT2D eigenvalue weighted by molar-refractivity contribution is 6.02. The summed E-state index contributed by atoms with van der Waals surface area (Å²) < 4.78 is 0. The van der Waals surface area contributed by atoms with Crippen molar-refractivity contribution in [1.82, 2.24) is 19.9 Å². The van der Waals surface area contributed by atoms with E-state index >= 15 is 0 Å². The monoisotopic (exact) mass is 566 g/mol. The van der Waals surface area contributed by atoms with Crippen LogP contribution in [0.4, 0.5) is 0 Å². The molecule has 8 bridgehead atoms. The number of aryl methyl sites for hydroxylation is 3. The lowest BCUT2D eigenvalue weighted by Gasteiger charge is -2.17. The third kappa shape index (κ3) is 4.74. The maximum absolute atomic E-state index is 12.7. The molecule has 0 aliphatic carbocycles. The number of H-pyrrole nitrogens is 2. The van der Waals surface area contributed by atoms with Gasteiger partial charge in [0.05, 0.1) is 22.5 Å². The predicted molar refractivity (Wildman–Crippen MR) is 168 cm³/mol. The van der Waals surface area contributed by atoms with Crippen LogP contribution in [0, 0.1) is 13.8 Å². The Morgan fingerprint density at radius 1 is 0.952 bits per heavy atom. The summed E-state index contributed by atoms with van der Waals surface area (Å²) in [5.41, 5.74) is 12.1. The molecule has 0 saturated carbocycles. The predicted octanol–water partition coefficient (Wildman–Crippen LogP) is 7.93. The first-order chi connectivity index (χ1) is 20.0. The van der Waals surface area contributed by atoms with Crippen LogP contribution in [0.3, 0.4) is 0 Å². The first-order valence-electron chi connectivity index (χ1n) is 14.6. The number of nitrogens with zero attached hydrogens (tertiary/aromatic N) is 2. The van der Waals surface area contributed by atoms with Crippen molar-refractivity contribution in [1.29, 1.82) is 0 Å². The summed E-state index contributed by atoms with van der Waals surface area (Å²) in [5, 5.41) is 19.9. The van der Waals surface area contributed by atoms with E-state index in [1.165, 1.54) is 0 Å². The Balaban J connectivity index is 2.01. The zero-order valence-corrected chi connectivity index (χ0v) is 25.1. The summed E-state index contributed by atoms with van der Waals surface area (Å²) in [4.78, 5) is 41.4. The van der Waals surface area contributed by atoms with E-state index in [1.54, 1.807) is 0 Å². The number of nitrogens with one attached hydrogen (secondary N) is 2. The van der Waals surface area contributed by atoms with Gasteiger partial charge < -0.3 is 20.2 Å². The maximum atomic E-state index is 12.7. The normalized spacial score (nSPS) is 16.6. The van der Waals surface area contributed by atoms with Gasteiger partial charge in [0.2, 0.25) is 0 Å². The lowest BCUT2D eigenvalue weighted by atomic mass is 9.85. The minimum Gasteiger partial charge on any atom is -0.481 e. The minimum atomic E-state index is -1.02. The minimum absolute atomic E-state index is 0.00195. The van der Waals surface area contributed by atoms with Crippen molar-refractivity contribution in [3.8, 4) is 0 Å². The molecular formula is C34H38N4O4. The van der Waals surface area contributed by atoms with Crippen LogP contribution in [0.5, 0.6) is 0 Å². The second-order valence-corrected chi connectivity index (χ2v) is 11.3. The van der Waals surface area contributed by atoms with Gasteiger partial charge in [-0.05, 0) is 86.1 Å². The Morgan fingerprint density at radius 2 is 1.64 bits per heavy atom. The largest absolute Gasteiger partial charge is 0.481 e. The topological polar surface area (TPSA) is 132 Å². The summed E-state index contributed by atoms with van der Waals surface area (Å²) >= 11 is 0. The van der Waals surface area contributed by atoms with Gasteiger partial charge in [0.1, 0.15) is 0 Å². The zero-order chi connectivity index (χ0) is 30.5. The van der Waals surface area contributed by atoms with Crippen LogP contribution >= 0.6 is 0 Å². The smallest absolute Gasteiger partial charge is 0.338 e. The molecule has 3 aromatic rings. The van der Waals surface area contributed by atoms with Gasteiger partial charge in [-0.15, -0.1) is 0 Å². The second-order valence-electron chi connectivity index (χ2n) is 11.3. The third-order valence-corrected chi connectivity index (χ3v) is 8.97. The first-order valence-corrected chi connectivity index (χ1v) is 14.6. The van der Waals surface area contributed by atoms with E-state index in [2.05, 4.69) is 37.3 Å². The lowest BCUT2D eigenvalue weighted by molar-refractivity contribution is -0.137. The fraction of sp³-hybridized carbons (Fsp3) is 0.353. The average Bonchev–Trinajstić information content (AvgIpc) is 3.61. The first kappa shape index (κ1) is 29.0. The number of fused-ring (bicyclic) bond motifs is 8. The van der Waals surface area contributed by atoms with Crippen molar-refractivity contribution in [2.75, 3.05) is 0 Å². The molecule has 4 N–H and O–H groups in total. The van der Waals surface area contributed by atoms with E-state index in [1.807, 2.05) is 45.0 Å². The quantitative estimate of drug-likeness (QED) is 0.230. The molecule has 2 aliphatic rings. The van der Waals surface area contributed by atoms with E-state index in [9.17, 15) is 19.8 Å². The number of rotatable bonds is 7. The summed E-state index contributed by atoms with van der Waals surface area (Å²) in [6.45, 7) is 16.1. The number of allylic oxidation sites excluding steroid dienone is 2. The lowest BCUT2D eigenvalue weighted by Crippen LogP contribution is -2.08. The number of carboxylic acid groups (broad SMARTS) is 2. The Labute approximate surface area is 245 Å². The van der Waals surface area contributed by atoms with Crippen molar-refractivity contribution < 1.29 is 19.8 Å². The highest BCUT2D eigenvalue weighted by Gasteiger charge is 2.32. The molecular weight excluding hydrogens is 528 g/mol. The Morgan fingerprint density at radius 3 is 2.26 bits per heavy atom. The molecule has 8 heteroatoms. The second kappa shape index (κ2) is 11.1. The van der Waals surface area contributed by atoms with Gasteiger partial charge in [0.25, 0.3) is 0 Å². The summed E-state index contributed by atoms with van der Waals surface area (Å²) in [7, 11) is 0. The molecule has 0 amide bonds. The Hall–Kier alpha value is -4.46. The van der Waals surface area contributed by atoms with Crippen molar-refractivity contribution in [3.63, 3.8) is 0 Å². The van der Waals surface area contributed by atoms with Gasteiger partial charge >= 0.3 is 11.9 Å². The third-order valence-electron chi connectivity index (χ3n) is 8.97. The number of hydrogen-bond acceptors (Lipinski definition) is 4. The molecule has 8 nitrogen and oxygen atoms in total. The van der Waals surface area contributed by atoms with Gasteiger partial charge in [-0.25, -0.2) is 9.78 Å². The van der Waals surface area contributed by atoms with Crippen LogP contribution < -0.4 is 0 Å². The number of aromatic amines is 2. The van der Waals surface area contributed by atoms with E-state index in [0.29, 0.717) is 29.4 Å². The van der Waals surface area contributed by atoms with Crippen molar-refractivity contribution in [3.05, 3.63) is 75.4 Å². The van der Waals surface area contributed by atoms with Crippen LogP contribution in [-0.2, 0) is 11.2 Å². The molecule has 0 radical (unpaired) electrons. The fourth-order valence-corrected chi connectivity index (χ4v) is 6.55. The number of aromatic carboxylic acids is 1. The number of carbonyl (C=O) groups is 2. The zero-order valence-electron chi connectivity index (χ0n) is 25.1. The van der Waals surface area contributed by atoms with Crippen LogP contribution in [0.15, 0.2) is 24.8 Å². The number of aliphatic carboxylic acids is 1. The van der Waals surface area contributed by atoms with Crippen LogP contribution in [0.25, 0.3) is 39.3 Å². The molecule has 2 aliphatic heterocycles. The van der Waals surface area contributed by atoms with Crippen LogP contribution in [-0.4, -0.2) is 42.1 Å². The standard InChI is InChI=1S/C34H38N4O4/c1-8-20-16(4)24-13-26-18(6)23(11-12-30(39)40)32(37-26)22(10-3)33-31(34(41)42)19(7)27(38-33)15-29-21(9-2)17(5)25(36-29)14-28(20)35-24/h8,13-15,18,23,35,38H,1,9-12H2,2-7H3,(H,39,40)(H,41,42)/t18-,23-/m0/s1. The van der Waals surface area contributed by atoms with E-state index in [4.69, 9.17) is 9.97 Å². The molecule has 0 fully saturated rings. The molecule has 0 saturated heterocycles. The number of aromatic nitrogens is 4. The van der Waals surface area contributed by atoms with Crippen molar-refractivity contribution in [2.45, 2.75) is 79.1 Å². The van der Waals surface area contributed by atoms with Gasteiger partial charge in [-0.3, -0.25) is 9.78 Å². The van der Waals surface area contributed by atoms with E-state index in [-0.39, 0.29) is 23.8 Å². The molecule has 3 aromatic heterocycles. The molecule has 42 heavy (non-hydrogen) atoms.